The number of aliphatic hydroxyl groups excluding tert-OH is 1. The van der Waals surface area contributed by atoms with E-state index in [1.54, 1.807) is 30.3 Å². The van der Waals surface area contributed by atoms with Gasteiger partial charge in [-0.05, 0) is 36.9 Å². The Kier molecular flexibility index (Phi) is 9.37. The molecule has 0 fully saturated rings. The zero-order valence-electron chi connectivity index (χ0n) is 18.4. The van der Waals surface area contributed by atoms with Gasteiger partial charge in [-0.3, -0.25) is 4.79 Å². The predicted molar refractivity (Wildman–Crippen MR) is 124 cm³/mol. The van der Waals surface area contributed by atoms with Gasteiger partial charge in [0.1, 0.15) is 22.8 Å². The molecule has 0 bridgehead atoms. The molecule has 1 unspecified atom stereocenters. The third-order valence-corrected chi connectivity index (χ3v) is 5.48. The molecule has 6 nitrogen and oxygen atoms in total. The molecule has 0 aromatic heterocycles. The number of hydrogen-bond acceptors (Lipinski definition) is 6. The van der Waals surface area contributed by atoms with Crippen molar-refractivity contribution in [1.82, 2.24) is 4.90 Å². The van der Waals surface area contributed by atoms with E-state index < -0.39 is 11.9 Å². The molecule has 2 rings (SSSR count). The van der Waals surface area contributed by atoms with E-state index in [9.17, 15) is 15.0 Å². The molecule has 2 N–H and O–H groups in total. The third kappa shape index (κ3) is 6.23. The lowest BCUT2D eigenvalue weighted by Gasteiger charge is -2.23. The summed E-state index contributed by atoms with van der Waals surface area (Å²) in [7, 11) is 2.88. The molecule has 168 valence electrons. The number of phenolic OH excluding ortho intramolecular Hbond substituents is 1. The van der Waals surface area contributed by atoms with Crippen molar-refractivity contribution in [3.63, 3.8) is 0 Å². The summed E-state index contributed by atoms with van der Waals surface area (Å²) in [6.07, 6.45) is 2.31. The Bertz CT molecular complexity index is 924. The van der Waals surface area contributed by atoms with Gasteiger partial charge in [-0.2, -0.15) is 0 Å². The fourth-order valence-electron chi connectivity index (χ4n) is 3.38. The molecule has 2 aromatic carbocycles. The number of benzene rings is 2. The van der Waals surface area contributed by atoms with Gasteiger partial charge in [0.05, 0.1) is 20.3 Å². The Labute approximate surface area is 188 Å². The minimum Gasteiger partial charge on any atom is -0.507 e. The topological polar surface area (TPSA) is 79.2 Å². The molecule has 0 aliphatic heterocycles. The van der Waals surface area contributed by atoms with Crippen LogP contribution in [-0.4, -0.2) is 60.9 Å². The van der Waals surface area contributed by atoms with Crippen LogP contribution in [0.15, 0.2) is 36.4 Å². The number of halogens is 1. The van der Waals surface area contributed by atoms with Crippen molar-refractivity contribution >= 4 is 23.5 Å². The summed E-state index contributed by atoms with van der Waals surface area (Å²) in [6.45, 7) is 6.08. The van der Waals surface area contributed by atoms with Crippen LogP contribution >= 0.6 is 11.6 Å². The average Bonchev–Trinajstić information content (AvgIpc) is 2.77. The van der Waals surface area contributed by atoms with Crippen molar-refractivity contribution in [1.29, 1.82) is 0 Å². The van der Waals surface area contributed by atoms with Crippen LogP contribution in [0.2, 0.25) is 5.02 Å². The molecule has 0 spiro atoms. The Morgan fingerprint density at radius 2 is 1.81 bits per heavy atom. The molecule has 0 aliphatic rings. The number of hydrogen-bond donors (Lipinski definition) is 2. The summed E-state index contributed by atoms with van der Waals surface area (Å²) < 4.78 is 10.7. The smallest absolute Gasteiger partial charge is 0.193 e. The Hall–Kier alpha value is -2.54. The number of ketones is 1. The SMILES string of the molecule is CCN(CC)CC(O)Cc1c(OC)cc(OC)c(C(=O)C=Cc2ccccc2Cl)c1O. The minimum atomic E-state index is -0.741. The van der Waals surface area contributed by atoms with Crippen LogP contribution < -0.4 is 9.47 Å². The lowest BCUT2D eigenvalue weighted by molar-refractivity contribution is 0.103. The number of likely N-dealkylation sites (N-methyl/N-ethyl adjacent to an activating group) is 1. The summed E-state index contributed by atoms with van der Waals surface area (Å²) in [5.41, 5.74) is 1.05. The summed E-state index contributed by atoms with van der Waals surface area (Å²) in [6, 6.07) is 8.68. The van der Waals surface area contributed by atoms with Crippen LogP contribution in [0, 0.1) is 0 Å². The molecule has 0 heterocycles. The highest BCUT2D eigenvalue weighted by atomic mass is 35.5. The van der Waals surface area contributed by atoms with Crippen LogP contribution in [-0.2, 0) is 6.42 Å². The van der Waals surface area contributed by atoms with Gasteiger partial charge in [-0.15, -0.1) is 0 Å². The van der Waals surface area contributed by atoms with Crippen LogP contribution in [0.3, 0.4) is 0 Å². The number of carbonyl (C=O) groups excluding carboxylic acids is 1. The summed E-state index contributed by atoms with van der Waals surface area (Å²) >= 11 is 6.15. The number of aliphatic hydroxyl groups is 1. The van der Waals surface area contributed by atoms with Crippen LogP contribution in [0.1, 0.15) is 35.3 Å². The van der Waals surface area contributed by atoms with E-state index in [-0.39, 0.29) is 23.5 Å². The molecule has 7 heteroatoms. The summed E-state index contributed by atoms with van der Waals surface area (Å²) in [5, 5.41) is 22.0. The van der Waals surface area contributed by atoms with Crippen molar-refractivity contribution in [3.05, 3.63) is 58.1 Å². The second-order valence-electron chi connectivity index (χ2n) is 7.05. The van der Waals surface area contributed by atoms with Crippen molar-refractivity contribution in [2.24, 2.45) is 0 Å². The Morgan fingerprint density at radius 3 is 2.39 bits per heavy atom. The van der Waals surface area contributed by atoms with Crippen molar-refractivity contribution in [2.45, 2.75) is 26.4 Å². The molecule has 0 amide bonds. The largest absolute Gasteiger partial charge is 0.507 e. The highest BCUT2D eigenvalue weighted by Crippen LogP contribution is 2.40. The zero-order valence-corrected chi connectivity index (χ0v) is 19.1. The number of carbonyl (C=O) groups is 1. The van der Waals surface area contributed by atoms with Gasteiger partial charge in [0.25, 0.3) is 0 Å². The van der Waals surface area contributed by atoms with Crippen molar-refractivity contribution in [3.8, 4) is 17.2 Å². The van der Waals surface area contributed by atoms with Crippen LogP contribution in [0.4, 0.5) is 0 Å². The van der Waals surface area contributed by atoms with E-state index in [1.165, 1.54) is 20.3 Å². The van der Waals surface area contributed by atoms with E-state index in [4.69, 9.17) is 21.1 Å². The van der Waals surface area contributed by atoms with Crippen molar-refractivity contribution < 1.29 is 24.5 Å². The maximum atomic E-state index is 13.0. The lowest BCUT2D eigenvalue weighted by atomic mass is 9.97. The molecule has 1 atom stereocenters. The highest BCUT2D eigenvalue weighted by molar-refractivity contribution is 6.32. The molecule has 2 aromatic rings. The van der Waals surface area contributed by atoms with Gasteiger partial charge in [0.2, 0.25) is 0 Å². The van der Waals surface area contributed by atoms with E-state index >= 15 is 0 Å². The first-order valence-electron chi connectivity index (χ1n) is 10.2. The van der Waals surface area contributed by atoms with Gasteiger partial charge in [0.15, 0.2) is 5.78 Å². The minimum absolute atomic E-state index is 0.0108. The maximum absolute atomic E-state index is 13.0. The number of allylic oxidation sites excluding steroid dienone is 1. The zero-order chi connectivity index (χ0) is 23.0. The van der Waals surface area contributed by atoms with E-state index in [0.717, 1.165) is 13.1 Å². The molecule has 31 heavy (non-hydrogen) atoms. The van der Waals surface area contributed by atoms with Gasteiger partial charge < -0.3 is 24.6 Å². The van der Waals surface area contributed by atoms with Gasteiger partial charge in [0, 0.05) is 29.6 Å². The molecule has 0 radical (unpaired) electrons. The number of methoxy groups -OCH3 is 2. The fraction of sp³-hybridized carbons (Fsp3) is 0.375. The van der Waals surface area contributed by atoms with E-state index in [0.29, 0.717) is 28.4 Å². The maximum Gasteiger partial charge on any atom is 0.193 e. The monoisotopic (exact) mass is 447 g/mol. The van der Waals surface area contributed by atoms with E-state index in [2.05, 4.69) is 4.90 Å². The highest BCUT2D eigenvalue weighted by Gasteiger charge is 2.25. The fourth-order valence-corrected chi connectivity index (χ4v) is 3.58. The summed E-state index contributed by atoms with van der Waals surface area (Å²) in [5.74, 6) is -0.176. The van der Waals surface area contributed by atoms with Gasteiger partial charge in [-0.1, -0.05) is 43.6 Å². The average molecular weight is 448 g/mol. The van der Waals surface area contributed by atoms with Gasteiger partial charge in [-0.25, -0.2) is 0 Å². The predicted octanol–water partition coefficient (Wildman–Crippen LogP) is 4.20. The molecule has 0 saturated carbocycles. The molecule has 0 saturated heterocycles. The quantitative estimate of drug-likeness (QED) is 0.397. The summed E-state index contributed by atoms with van der Waals surface area (Å²) in [4.78, 5) is 15.0. The number of ether oxygens (including phenoxy) is 2. The Balaban J connectivity index is 2.41. The molecule has 0 aliphatic carbocycles. The van der Waals surface area contributed by atoms with Crippen LogP contribution in [0.5, 0.6) is 17.2 Å². The number of nitrogens with zero attached hydrogens (tertiary/aromatic N) is 1. The number of phenols is 1. The first-order valence-corrected chi connectivity index (χ1v) is 10.6. The van der Waals surface area contributed by atoms with E-state index in [1.807, 2.05) is 19.9 Å². The standard InChI is InChI=1S/C24H30ClNO5/c1-5-26(6-2)15-17(27)13-18-21(30-3)14-22(31-4)23(24(18)29)20(28)12-11-16-9-7-8-10-19(16)25/h7-12,14,17,27,29H,5-6,13,15H2,1-4H3. The van der Waals surface area contributed by atoms with Crippen molar-refractivity contribution in [2.75, 3.05) is 33.9 Å². The third-order valence-electron chi connectivity index (χ3n) is 5.14. The Morgan fingerprint density at radius 1 is 1.16 bits per heavy atom. The molecular weight excluding hydrogens is 418 g/mol. The van der Waals surface area contributed by atoms with Gasteiger partial charge >= 0.3 is 0 Å². The first-order chi connectivity index (χ1) is 14.9. The second kappa shape index (κ2) is 11.7. The number of aromatic hydroxyl groups is 1. The normalized spacial score (nSPS) is 12.4. The lowest BCUT2D eigenvalue weighted by Crippen LogP contribution is -2.33. The number of rotatable bonds is 11. The first kappa shape index (κ1) is 24.7. The second-order valence-corrected chi connectivity index (χ2v) is 7.45. The molecular formula is C24H30ClNO5. The van der Waals surface area contributed by atoms with Crippen LogP contribution in [0.25, 0.3) is 6.08 Å².